The van der Waals surface area contributed by atoms with Crippen molar-refractivity contribution in [1.82, 2.24) is 0 Å². The first kappa shape index (κ1) is 56.9. The first-order valence-corrected chi connectivity index (χ1v) is 20.0. The molecule has 0 amide bonds. The van der Waals surface area contributed by atoms with Gasteiger partial charge in [0.05, 0.1) is 39.6 Å². The second-order valence-corrected chi connectivity index (χ2v) is 14.6. The van der Waals surface area contributed by atoms with E-state index in [0.717, 1.165) is 57.3 Å². The number of carbonyl (C=O) groups is 3. The largest absolute Gasteiger partial charge is 0.481 e. The third kappa shape index (κ3) is 42.6. The van der Waals surface area contributed by atoms with Crippen molar-refractivity contribution >= 4 is 17.9 Å². The van der Waals surface area contributed by atoms with Crippen LogP contribution in [-0.2, 0) is 14.4 Å². The van der Waals surface area contributed by atoms with Crippen LogP contribution >= 0.6 is 0 Å². The maximum Gasteiger partial charge on any atom is 0.303 e. The van der Waals surface area contributed by atoms with Gasteiger partial charge in [-0.3, -0.25) is 14.4 Å². The number of hydrogen-bond donors (Lipinski definition) is 9. The maximum absolute atomic E-state index is 10.3. The minimum Gasteiger partial charge on any atom is -0.481 e. The van der Waals surface area contributed by atoms with Crippen LogP contribution in [0.3, 0.4) is 0 Å². The van der Waals surface area contributed by atoms with Crippen LogP contribution < -0.4 is 0 Å². The first-order valence-electron chi connectivity index (χ1n) is 20.0. The molecule has 12 nitrogen and oxygen atoms in total. The van der Waals surface area contributed by atoms with Crippen molar-refractivity contribution in [2.75, 3.05) is 39.6 Å². The van der Waals surface area contributed by atoms with Crippen LogP contribution in [0.25, 0.3) is 0 Å². The molecule has 0 aliphatic carbocycles. The predicted molar refractivity (Wildman–Crippen MR) is 207 cm³/mol. The summed E-state index contributed by atoms with van der Waals surface area (Å²) < 4.78 is 0. The molecule has 0 radical (unpaired) electrons. The number of aliphatic hydroxyl groups is 6. The summed E-state index contributed by atoms with van der Waals surface area (Å²) in [5.41, 5.74) is -1.33. The van der Waals surface area contributed by atoms with Gasteiger partial charge >= 0.3 is 17.9 Å². The lowest BCUT2D eigenvalue weighted by Gasteiger charge is -2.24. The van der Waals surface area contributed by atoms with Crippen LogP contribution in [-0.4, -0.2) is 104 Å². The smallest absolute Gasteiger partial charge is 0.303 e. The van der Waals surface area contributed by atoms with Crippen molar-refractivity contribution < 1.29 is 60.3 Å². The van der Waals surface area contributed by atoms with Gasteiger partial charge in [-0.1, -0.05) is 130 Å². The monoisotopic (exact) mass is 755 g/mol. The van der Waals surface area contributed by atoms with Crippen LogP contribution in [0.5, 0.6) is 0 Å². The number of aliphatic carboxylic acids is 3. The summed E-state index contributed by atoms with van der Waals surface area (Å²) in [6, 6.07) is 0. The van der Waals surface area contributed by atoms with Crippen LogP contribution in [0.4, 0.5) is 0 Å². The Labute approximate surface area is 316 Å². The van der Waals surface area contributed by atoms with E-state index in [1.165, 1.54) is 70.6 Å². The van der Waals surface area contributed by atoms with Gasteiger partial charge in [-0.25, -0.2) is 0 Å². The van der Waals surface area contributed by atoms with Crippen molar-refractivity contribution in [3.05, 3.63) is 0 Å². The Hall–Kier alpha value is -1.83. The first-order chi connectivity index (χ1) is 24.7. The number of rotatable bonds is 32. The molecule has 0 aromatic rings. The SMILES string of the molecule is CC(C)CCCCCCCCCCCCCCC(=O)O.CCC(CO)(CO)CO.CCC(CO)(CO)CO.O=C(O)CCCCCCCCC(=O)O. The molecule has 12 heteroatoms. The average Bonchev–Trinajstić information content (AvgIpc) is 3.12. The summed E-state index contributed by atoms with van der Waals surface area (Å²) in [6.45, 7) is 7.32. The van der Waals surface area contributed by atoms with E-state index < -0.39 is 28.7 Å². The normalized spacial score (nSPS) is 11.1. The Balaban J connectivity index is -0.000000314. The van der Waals surface area contributed by atoms with Gasteiger partial charge in [-0.05, 0) is 38.0 Å². The molecule has 0 saturated carbocycles. The molecule has 0 aliphatic heterocycles. The lowest BCUT2D eigenvalue weighted by molar-refractivity contribution is -0.138. The molecule has 0 bridgehead atoms. The molecule has 0 saturated heterocycles. The molecular formula is C40H82O12. The fourth-order valence-electron chi connectivity index (χ4n) is 4.83. The lowest BCUT2D eigenvalue weighted by Crippen LogP contribution is -2.32. The van der Waals surface area contributed by atoms with E-state index in [0.29, 0.717) is 19.3 Å². The average molecular weight is 755 g/mol. The van der Waals surface area contributed by atoms with Crippen molar-refractivity contribution in [3.63, 3.8) is 0 Å². The second kappa shape index (κ2) is 41.9. The van der Waals surface area contributed by atoms with E-state index in [1.807, 2.05) is 13.8 Å². The molecule has 0 aromatic heterocycles. The molecule has 52 heavy (non-hydrogen) atoms. The van der Waals surface area contributed by atoms with Gasteiger partial charge in [-0.15, -0.1) is 0 Å². The van der Waals surface area contributed by atoms with E-state index in [1.54, 1.807) is 0 Å². The Kier molecular flexibility index (Phi) is 45.9. The Morgan fingerprint density at radius 3 is 0.712 bits per heavy atom. The minimum atomic E-state index is -0.740. The molecule has 9 N–H and O–H groups in total. The van der Waals surface area contributed by atoms with Gasteiger partial charge in [0, 0.05) is 30.1 Å². The highest BCUT2D eigenvalue weighted by Crippen LogP contribution is 2.19. The highest BCUT2D eigenvalue weighted by molar-refractivity contribution is 5.67. The number of aliphatic hydroxyl groups excluding tert-OH is 6. The highest BCUT2D eigenvalue weighted by atomic mass is 16.4. The number of carboxylic acid groups (broad SMARTS) is 3. The van der Waals surface area contributed by atoms with E-state index in [-0.39, 0.29) is 52.5 Å². The molecular weight excluding hydrogens is 672 g/mol. The van der Waals surface area contributed by atoms with Gasteiger partial charge in [0.1, 0.15) is 0 Å². The predicted octanol–water partition coefficient (Wildman–Crippen LogP) is 7.18. The minimum absolute atomic E-state index is 0.156. The standard InChI is InChI=1S/C18H36O2.C10H18O4.2C6H14O3/c1-17(2)15-13-11-9-7-5-3-4-6-8-10-12-14-16-18(19)20;11-9(12)7-5-3-1-2-4-6-8-10(13)14;2*1-2-6(3-7,4-8)5-9/h17H,3-16H2,1-2H3,(H,19,20);1-8H2,(H,11,12)(H,13,14);2*7-9H,2-5H2,1H3. The fraction of sp³-hybridized carbons (Fsp3) is 0.925. The van der Waals surface area contributed by atoms with Crippen molar-refractivity contribution in [2.45, 2.75) is 182 Å². The molecule has 0 aromatic carbocycles. The van der Waals surface area contributed by atoms with Crippen LogP contribution in [0.1, 0.15) is 182 Å². The molecule has 0 atom stereocenters. The summed E-state index contributed by atoms with van der Waals surface area (Å²) in [7, 11) is 0. The summed E-state index contributed by atoms with van der Waals surface area (Å²) >= 11 is 0. The van der Waals surface area contributed by atoms with Crippen LogP contribution in [0.15, 0.2) is 0 Å². The summed E-state index contributed by atoms with van der Waals surface area (Å²) in [5.74, 6) is -1.27. The van der Waals surface area contributed by atoms with Gasteiger partial charge in [-0.2, -0.15) is 0 Å². The van der Waals surface area contributed by atoms with E-state index in [4.69, 9.17) is 46.0 Å². The number of carboxylic acids is 3. The molecule has 0 aliphatic rings. The van der Waals surface area contributed by atoms with E-state index >= 15 is 0 Å². The quantitative estimate of drug-likeness (QED) is 0.0311. The summed E-state index contributed by atoms with van der Waals surface area (Å²) in [6.07, 6.45) is 24.3. The second-order valence-electron chi connectivity index (χ2n) is 14.6. The molecule has 0 unspecified atom stereocenters. The third-order valence-electron chi connectivity index (χ3n) is 9.47. The molecule has 0 spiro atoms. The molecule has 0 rings (SSSR count). The summed E-state index contributed by atoms with van der Waals surface area (Å²) in [4.78, 5) is 30.6. The number of unbranched alkanes of at least 4 members (excludes halogenated alkanes) is 16. The van der Waals surface area contributed by atoms with Crippen LogP contribution in [0, 0.1) is 16.7 Å². The highest BCUT2D eigenvalue weighted by Gasteiger charge is 2.25. The Bertz CT molecular complexity index is 693. The lowest BCUT2D eigenvalue weighted by atomic mass is 9.88. The van der Waals surface area contributed by atoms with E-state index in [2.05, 4.69) is 13.8 Å². The molecule has 0 fully saturated rings. The fourth-order valence-corrected chi connectivity index (χ4v) is 4.83. The van der Waals surface area contributed by atoms with Crippen LogP contribution in [0.2, 0.25) is 0 Å². The molecule has 314 valence electrons. The zero-order valence-electron chi connectivity index (χ0n) is 33.5. The zero-order chi connectivity index (χ0) is 40.5. The summed E-state index contributed by atoms with van der Waals surface area (Å²) in [5, 5.41) is 77.2. The van der Waals surface area contributed by atoms with Crippen molar-refractivity contribution in [2.24, 2.45) is 16.7 Å². The van der Waals surface area contributed by atoms with Gasteiger partial charge in [0.15, 0.2) is 0 Å². The Morgan fingerprint density at radius 1 is 0.385 bits per heavy atom. The zero-order valence-corrected chi connectivity index (χ0v) is 33.5. The van der Waals surface area contributed by atoms with Gasteiger partial charge in [0.25, 0.3) is 0 Å². The van der Waals surface area contributed by atoms with E-state index in [9.17, 15) is 14.4 Å². The number of hydrogen-bond acceptors (Lipinski definition) is 9. The molecule has 0 heterocycles. The topological polar surface area (TPSA) is 233 Å². The van der Waals surface area contributed by atoms with Crippen molar-refractivity contribution in [3.8, 4) is 0 Å². The third-order valence-corrected chi connectivity index (χ3v) is 9.47. The van der Waals surface area contributed by atoms with Gasteiger partial charge < -0.3 is 46.0 Å². The van der Waals surface area contributed by atoms with Gasteiger partial charge in [0.2, 0.25) is 0 Å². The maximum atomic E-state index is 10.3. The van der Waals surface area contributed by atoms with Crippen molar-refractivity contribution in [1.29, 1.82) is 0 Å². The Morgan fingerprint density at radius 2 is 0.577 bits per heavy atom.